The average molecular weight is 399 g/mol. The molecule has 3 aliphatic heterocycles. The summed E-state index contributed by atoms with van der Waals surface area (Å²) in [6.07, 6.45) is 6.86. The molecule has 0 fully saturated rings. The van der Waals surface area contributed by atoms with Gasteiger partial charge in [0.15, 0.2) is 0 Å². The molecule has 4 nitrogen and oxygen atoms in total. The van der Waals surface area contributed by atoms with Gasteiger partial charge in [0.25, 0.3) is 0 Å². The minimum Gasteiger partial charge on any atom is -0.356 e. The number of rotatable bonds is 6. The molecule has 0 saturated carbocycles. The molecule has 154 valence electrons. The smallest absolute Gasteiger partial charge is 0.110 e. The highest BCUT2D eigenvalue weighted by atomic mass is 15.7. The highest BCUT2D eigenvalue weighted by molar-refractivity contribution is 5.47. The number of nitrogens with zero attached hydrogens (tertiary/aromatic N) is 4. The second kappa shape index (κ2) is 7.94. The lowest BCUT2D eigenvalue weighted by Gasteiger charge is -2.40. The fraction of sp³-hybridized carbons (Fsp3) is 0.308. The summed E-state index contributed by atoms with van der Waals surface area (Å²) in [7, 11) is 0. The van der Waals surface area contributed by atoms with Gasteiger partial charge in [-0.1, -0.05) is 60.7 Å². The van der Waals surface area contributed by atoms with E-state index in [4.69, 9.17) is 0 Å². The van der Waals surface area contributed by atoms with Crippen molar-refractivity contribution in [2.45, 2.75) is 26.7 Å². The first-order valence-corrected chi connectivity index (χ1v) is 10.9. The summed E-state index contributed by atoms with van der Waals surface area (Å²) in [4.78, 5) is 4.91. The van der Waals surface area contributed by atoms with Crippen molar-refractivity contribution in [3.8, 4) is 0 Å². The van der Waals surface area contributed by atoms with E-state index in [0.717, 1.165) is 39.3 Å². The summed E-state index contributed by atoms with van der Waals surface area (Å²) >= 11 is 0. The lowest BCUT2D eigenvalue weighted by atomic mass is 10.0. The van der Waals surface area contributed by atoms with E-state index in [1.54, 1.807) is 0 Å². The van der Waals surface area contributed by atoms with Crippen LogP contribution in [0.1, 0.15) is 25.0 Å². The van der Waals surface area contributed by atoms with Crippen LogP contribution >= 0.6 is 0 Å². The Bertz CT molecular complexity index is 909. The molecule has 0 aromatic heterocycles. The van der Waals surface area contributed by atoms with E-state index in [0.29, 0.717) is 0 Å². The normalized spacial score (nSPS) is 17.9. The van der Waals surface area contributed by atoms with Crippen LogP contribution in [-0.2, 0) is 12.8 Å². The third kappa shape index (κ3) is 3.58. The molecule has 0 aliphatic carbocycles. The first-order valence-electron chi connectivity index (χ1n) is 10.9. The van der Waals surface area contributed by atoms with Crippen LogP contribution in [0.3, 0.4) is 0 Å². The zero-order valence-corrected chi connectivity index (χ0v) is 18.0. The van der Waals surface area contributed by atoms with Crippen molar-refractivity contribution in [3.05, 3.63) is 107 Å². The number of allylic oxidation sites excluding steroid dienone is 2. The van der Waals surface area contributed by atoms with Gasteiger partial charge in [0.2, 0.25) is 0 Å². The van der Waals surface area contributed by atoms with Gasteiger partial charge in [-0.3, -0.25) is 10.0 Å². The lowest BCUT2D eigenvalue weighted by Crippen LogP contribution is -2.45. The standard InChI is InChI=1S/C26H30N4/c1-21-22(2)26-18-28(16-14-24-11-7-4-8-12-24)20-30(26)29-19-27(17-25(21)29)15-13-23-9-5-3-6-10-23/h3-12,17-18H,13-16,19-20H2,1-2H3. The monoisotopic (exact) mass is 398 g/mol. The van der Waals surface area contributed by atoms with Gasteiger partial charge in [-0.25, -0.2) is 0 Å². The lowest BCUT2D eigenvalue weighted by molar-refractivity contribution is 0.0136. The molecule has 30 heavy (non-hydrogen) atoms. The Hall–Kier alpha value is -3.14. The molecule has 0 saturated heterocycles. The largest absolute Gasteiger partial charge is 0.356 e. The summed E-state index contributed by atoms with van der Waals surface area (Å²) in [5, 5.41) is 4.92. The van der Waals surface area contributed by atoms with Gasteiger partial charge in [-0.15, -0.1) is 0 Å². The summed E-state index contributed by atoms with van der Waals surface area (Å²) in [6, 6.07) is 21.6. The fourth-order valence-corrected chi connectivity index (χ4v) is 4.54. The molecule has 5 rings (SSSR count). The van der Waals surface area contributed by atoms with Crippen LogP contribution < -0.4 is 0 Å². The third-order valence-electron chi connectivity index (χ3n) is 6.48. The van der Waals surface area contributed by atoms with E-state index in [1.165, 1.54) is 33.7 Å². The highest BCUT2D eigenvalue weighted by Gasteiger charge is 2.37. The third-order valence-corrected chi connectivity index (χ3v) is 6.48. The van der Waals surface area contributed by atoms with Crippen LogP contribution in [0.5, 0.6) is 0 Å². The Labute approximate surface area is 180 Å². The molecule has 3 aliphatic rings. The summed E-state index contributed by atoms with van der Waals surface area (Å²) in [5.41, 5.74) is 8.29. The van der Waals surface area contributed by atoms with Crippen molar-refractivity contribution in [2.24, 2.45) is 0 Å². The van der Waals surface area contributed by atoms with Gasteiger partial charge in [-0.05, 0) is 49.0 Å². The summed E-state index contributed by atoms with van der Waals surface area (Å²) in [5.74, 6) is 0. The minimum atomic E-state index is 0.927. The average Bonchev–Trinajstić information content (AvgIpc) is 3.41. The molecular weight excluding hydrogens is 368 g/mol. The first-order chi connectivity index (χ1) is 14.7. The van der Waals surface area contributed by atoms with Crippen LogP contribution in [0, 0.1) is 0 Å². The van der Waals surface area contributed by atoms with Gasteiger partial charge in [-0.2, -0.15) is 0 Å². The number of hydrogen-bond donors (Lipinski definition) is 0. The van der Waals surface area contributed by atoms with Crippen LogP contribution in [0.4, 0.5) is 0 Å². The molecule has 2 aromatic carbocycles. The van der Waals surface area contributed by atoms with Crippen molar-refractivity contribution in [3.63, 3.8) is 0 Å². The van der Waals surface area contributed by atoms with E-state index < -0.39 is 0 Å². The Balaban J connectivity index is 1.27. The number of hydrogen-bond acceptors (Lipinski definition) is 4. The zero-order chi connectivity index (χ0) is 20.5. The van der Waals surface area contributed by atoms with Crippen LogP contribution in [0.2, 0.25) is 0 Å². The van der Waals surface area contributed by atoms with E-state index >= 15 is 0 Å². The molecule has 2 aromatic rings. The second-order valence-electron chi connectivity index (χ2n) is 8.46. The predicted octanol–water partition coefficient (Wildman–Crippen LogP) is 4.57. The maximum Gasteiger partial charge on any atom is 0.110 e. The Morgan fingerprint density at radius 1 is 0.600 bits per heavy atom. The molecule has 0 atom stereocenters. The molecule has 0 amide bonds. The summed E-state index contributed by atoms with van der Waals surface area (Å²) < 4.78 is 0. The zero-order valence-electron chi connectivity index (χ0n) is 18.0. The van der Waals surface area contributed by atoms with Crippen LogP contribution in [-0.4, -0.2) is 46.2 Å². The molecule has 0 spiro atoms. The molecule has 4 heteroatoms. The van der Waals surface area contributed by atoms with E-state index in [-0.39, 0.29) is 0 Å². The minimum absolute atomic E-state index is 0.927. The topological polar surface area (TPSA) is 13.0 Å². The number of hydrazine groups is 1. The Morgan fingerprint density at radius 2 is 1.00 bits per heavy atom. The van der Waals surface area contributed by atoms with Crippen LogP contribution in [0.15, 0.2) is 95.6 Å². The summed E-state index contributed by atoms with van der Waals surface area (Å²) in [6.45, 7) is 8.47. The molecule has 0 radical (unpaired) electrons. The molecule has 0 bridgehead atoms. The highest BCUT2D eigenvalue weighted by Crippen LogP contribution is 2.39. The van der Waals surface area contributed by atoms with Gasteiger partial charge >= 0.3 is 0 Å². The van der Waals surface area contributed by atoms with Crippen LogP contribution in [0.25, 0.3) is 0 Å². The van der Waals surface area contributed by atoms with Gasteiger partial charge in [0, 0.05) is 25.5 Å². The van der Waals surface area contributed by atoms with Crippen molar-refractivity contribution in [1.29, 1.82) is 0 Å². The number of benzene rings is 2. The van der Waals surface area contributed by atoms with E-state index in [9.17, 15) is 0 Å². The maximum absolute atomic E-state index is 2.46. The van der Waals surface area contributed by atoms with Crippen molar-refractivity contribution >= 4 is 0 Å². The SMILES string of the molecule is CC1=C(C)C2=CN(CCc3ccccc3)CN2N2CN(CCc3ccccc3)C=C12. The Morgan fingerprint density at radius 3 is 1.40 bits per heavy atom. The van der Waals surface area contributed by atoms with E-state index in [1.807, 2.05) is 0 Å². The second-order valence-corrected chi connectivity index (χ2v) is 8.46. The first kappa shape index (κ1) is 18.9. The molecule has 0 N–H and O–H groups in total. The van der Waals surface area contributed by atoms with Gasteiger partial charge in [0.05, 0.1) is 11.4 Å². The fourth-order valence-electron chi connectivity index (χ4n) is 4.54. The quantitative estimate of drug-likeness (QED) is 0.707. The molecule has 3 heterocycles. The molecule has 0 unspecified atom stereocenters. The molecular formula is C26H30N4. The predicted molar refractivity (Wildman–Crippen MR) is 122 cm³/mol. The number of fused-ring (bicyclic) bond motifs is 3. The van der Waals surface area contributed by atoms with Crippen molar-refractivity contribution in [1.82, 2.24) is 19.8 Å². The van der Waals surface area contributed by atoms with Crippen molar-refractivity contribution < 1.29 is 0 Å². The maximum atomic E-state index is 2.46. The van der Waals surface area contributed by atoms with Gasteiger partial charge < -0.3 is 9.80 Å². The van der Waals surface area contributed by atoms with E-state index in [2.05, 4.69) is 107 Å². The Kier molecular flexibility index (Phi) is 4.99. The van der Waals surface area contributed by atoms with Gasteiger partial charge in [0.1, 0.15) is 13.3 Å². The van der Waals surface area contributed by atoms with Crippen molar-refractivity contribution in [2.75, 3.05) is 26.4 Å².